The summed E-state index contributed by atoms with van der Waals surface area (Å²) in [7, 11) is 2.03. The van der Waals surface area contributed by atoms with Crippen molar-refractivity contribution in [1.82, 2.24) is 0 Å². The number of nitrogens with one attached hydrogen (secondary N) is 1. The van der Waals surface area contributed by atoms with Crippen molar-refractivity contribution >= 4 is 34.6 Å². The molecule has 0 fully saturated rings. The molecule has 84 valence electrons. The molecule has 0 bridgehead atoms. The van der Waals surface area contributed by atoms with Gasteiger partial charge in [0.2, 0.25) is 0 Å². The van der Waals surface area contributed by atoms with Crippen LogP contribution >= 0.6 is 23.2 Å². The van der Waals surface area contributed by atoms with E-state index < -0.39 is 0 Å². The van der Waals surface area contributed by atoms with Gasteiger partial charge in [-0.15, -0.1) is 23.2 Å². The lowest BCUT2D eigenvalue weighted by Crippen LogP contribution is -2.19. The molecule has 2 nitrogen and oxygen atoms in total. The zero-order valence-electron chi connectivity index (χ0n) is 8.84. The molecule has 1 N–H and O–H groups in total. The maximum Gasteiger partial charge on any atom is 0.0399 e. The predicted octanol–water partition coefficient (Wildman–Crippen LogP) is 3.01. The van der Waals surface area contributed by atoms with Gasteiger partial charge in [0.05, 0.1) is 0 Å². The summed E-state index contributed by atoms with van der Waals surface area (Å²) in [5, 5.41) is 3.22. The monoisotopic (exact) mass is 246 g/mol. The SMILES string of the molecule is CN(CCCl)c1ccc(NCCCl)cc1. The molecule has 4 heteroatoms. The summed E-state index contributed by atoms with van der Waals surface area (Å²) in [6.07, 6.45) is 0. The Balaban J connectivity index is 2.55. The van der Waals surface area contributed by atoms with Gasteiger partial charge in [-0.05, 0) is 24.3 Å². The maximum absolute atomic E-state index is 5.68. The number of nitrogens with zero attached hydrogens (tertiary/aromatic N) is 1. The molecule has 0 amide bonds. The van der Waals surface area contributed by atoms with Crippen molar-refractivity contribution in [2.75, 3.05) is 42.1 Å². The van der Waals surface area contributed by atoms with Crippen LogP contribution in [0.2, 0.25) is 0 Å². The van der Waals surface area contributed by atoms with E-state index in [0.29, 0.717) is 11.8 Å². The van der Waals surface area contributed by atoms with Crippen LogP contribution in [0.25, 0.3) is 0 Å². The lowest BCUT2D eigenvalue weighted by atomic mass is 10.2. The molecule has 0 aromatic heterocycles. The van der Waals surface area contributed by atoms with Crippen LogP contribution in [-0.2, 0) is 0 Å². The lowest BCUT2D eigenvalue weighted by Gasteiger charge is -2.18. The molecule has 0 radical (unpaired) electrons. The summed E-state index contributed by atoms with van der Waals surface area (Å²) in [6.45, 7) is 1.65. The van der Waals surface area contributed by atoms with Gasteiger partial charge in [-0.2, -0.15) is 0 Å². The average Bonchev–Trinajstić information content (AvgIpc) is 2.27. The van der Waals surface area contributed by atoms with Crippen molar-refractivity contribution in [2.24, 2.45) is 0 Å². The van der Waals surface area contributed by atoms with Gasteiger partial charge in [-0.25, -0.2) is 0 Å². The quantitative estimate of drug-likeness (QED) is 0.777. The highest BCUT2D eigenvalue weighted by atomic mass is 35.5. The molecular formula is C11H16Cl2N2. The molecule has 1 aromatic carbocycles. The van der Waals surface area contributed by atoms with Gasteiger partial charge < -0.3 is 10.2 Å². The van der Waals surface area contributed by atoms with Gasteiger partial charge in [0, 0.05) is 43.3 Å². The summed E-state index contributed by atoms with van der Waals surface area (Å²) in [5.74, 6) is 1.26. The highest BCUT2D eigenvalue weighted by Crippen LogP contribution is 2.16. The van der Waals surface area contributed by atoms with Crippen LogP contribution in [-0.4, -0.2) is 31.9 Å². The van der Waals surface area contributed by atoms with Crippen molar-refractivity contribution in [1.29, 1.82) is 0 Å². The van der Waals surface area contributed by atoms with E-state index in [9.17, 15) is 0 Å². The van der Waals surface area contributed by atoms with Crippen LogP contribution in [0.3, 0.4) is 0 Å². The van der Waals surface area contributed by atoms with Crippen molar-refractivity contribution < 1.29 is 0 Å². The molecule has 0 saturated heterocycles. The van der Waals surface area contributed by atoms with E-state index in [4.69, 9.17) is 23.2 Å². The summed E-state index contributed by atoms with van der Waals surface area (Å²) in [6, 6.07) is 8.24. The van der Waals surface area contributed by atoms with Crippen molar-refractivity contribution in [3.05, 3.63) is 24.3 Å². The fourth-order valence-electron chi connectivity index (χ4n) is 1.28. The number of alkyl halides is 2. The molecular weight excluding hydrogens is 231 g/mol. The van der Waals surface area contributed by atoms with E-state index in [1.165, 1.54) is 5.69 Å². The van der Waals surface area contributed by atoms with Gasteiger partial charge in [-0.1, -0.05) is 0 Å². The molecule has 0 aliphatic carbocycles. The molecule has 1 aromatic rings. The molecule has 0 saturated carbocycles. The largest absolute Gasteiger partial charge is 0.384 e. The van der Waals surface area contributed by atoms with Gasteiger partial charge in [0.25, 0.3) is 0 Å². The third-order valence-corrected chi connectivity index (χ3v) is 2.51. The Hall–Kier alpha value is -0.600. The Morgan fingerprint density at radius 3 is 2.33 bits per heavy atom. The third-order valence-electron chi connectivity index (χ3n) is 2.15. The smallest absolute Gasteiger partial charge is 0.0399 e. The van der Waals surface area contributed by atoms with Crippen LogP contribution in [0.1, 0.15) is 0 Å². The van der Waals surface area contributed by atoms with E-state index in [2.05, 4.69) is 22.3 Å². The maximum atomic E-state index is 5.68. The summed E-state index contributed by atoms with van der Waals surface area (Å²) in [5.41, 5.74) is 2.27. The second kappa shape index (κ2) is 6.81. The first-order chi connectivity index (χ1) is 7.27. The van der Waals surface area contributed by atoms with E-state index >= 15 is 0 Å². The van der Waals surface area contributed by atoms with Crippen LogP contribution in [0.15, 0.2) is 24.3 Å². The van der Waals surface area contributed by atoms with Crippen molar-refractivity contribution in [2.45, 2.75) is 0 Å². The van der Waals surface area contributed by atoms with E-state index in [1.54, 1.807) is 0 Å². The number of hydrogen-bond donors (Lipinski definition) is 1. The molecule has 1 rings (SSSR count). The molecule has 0 spiro atoms. The van der Waals surface area contributed by atoms with Gasteiger partial charge in [0.15, 0.2) is 0 Å². The van der Waals surface area contributed by atoms with E-state index in [-0.39, 0.29) is 0 Å². The van der Waals surface area contributed by atoms with Gasteiger partial charge in [0.1, 0.15) is 0 Å². The highest BCUT2D eigenvalue weighted by molar-refractivity contribution is 6.18. The Morgan fingerprint density at radius 2 is 1.80 bits per heavy atom. The Labute approximate surface area is 101 Å². The van der Waals surface area contributed by atoms with Gasteiger partial charge in [-0.3, -0.25) is 0 Å². The normalized spacial score (nSPS) is 10.1. The molecule has 0 aliphatic rings. The first-order valence-electron chi connectivity index (χ1n) is 4.95. The minimum atomic E-state index is 0.619. The lowest BCUT2D eigenvalue weighted by molar-refractivity contribution is 0.974. The Bertz CT molecular complexity index is 274. The van der Waals surface area contributed by atoms with Gasteiger partial charge >= 0.3 is 0 Å². The Morgan fingerprint density at radius 1 is 1.13 bits per heavy atom. The first-order valence-corrected chi connectivity index (χ1v) is 6.02. The molecule has 0 atom stereocenters. The van der Waals surface area contributed by atoms with E-state index in [0.717, 1.165) is 18.8 Å². The number of halogens is 2. The van der Waals surface area contributed by atoms with E-state index in [1.807, 2.05) is 19.2 Å². The molecule has 15 heavy (non-hydrogen) atoms. The van der Waals surface area contributed by atoms with Crippen LogP contribution in [0, 0.1) is 0 Å². The third kappa shape index (κ3) is 4.18. The fourth-order valence-corrected chi connectivity index (χ4v) is 1.63. The number of anilines is 2. The zero-order chi connectivity index (χ0) is 11.1. The number of benzene rings is 1. The van der Waals surface area contributed by atoms with Crippen molar-refractivity contribution in [3.63, 3.8) is 0 Å². The summed E-state index contributed by atoms with van der Waals surface area (Å²) < 4.78 is 0. The zero-order valence-corrected chi connectivity index (χ0v) is 10.4. The number of rotatable bonds is 6. The minimum Gasteiger partial charge on any atom is -0.384 e. The van der Waals surface area contributed by atoms with Crippen LogP contribution < -0.4 is 10.2 Å². The number of hydrogen-bond acceptors (Lipinski definition) is 2. The molecule has 0 heterocycles. The summed E-state index contributed by atoms with van der Waals surface area (Å²) in [4.78, 5) is 2.12. The fraction of sp³-hybridized carbons (Fsp3) is 0.455. The predicted molar refractivity (Wildman–Crippen MR) is 69.6 cm³/mol. The van der Waals surface area contributed by atoms with Crippen molar-refractivity contribution in [3.8, 4) is 0 Å². The highest BCUT2D eigenvalue weighted by Gasteiger charge is 1.99. The standard InChI is InChI=1S/C11H16Cl2N2/c1-15(9-7-13)11-4-2-10(3-5-11)14-8-6-12/h2-5,14H,6-9H2,1H3. The molecule has 0 aliphatic heterocycles. The average molecular weight is 247 g/mol. The second-order valence-electron chi connectivity index (χ2n) is 3.27. The second-order valence-corrected chi connectivity index (χ2v) is 4.03. The summed E-state index contributed by atoms with van der Waals surface area (Å²) >= 11 is 11.3. The van der Waals surface area contributed by atoms with Crippen LogP contribution in [0.5, 0.6) is 0 Å². The minimum absolute atomic E-state index is 0.619. The Kier molecular flexibility index (Phi) is 5.66. The molecule has 0 unspecified atom stereocenters. The van der Waals surface area contributed by atoms with Crippen LogP contribution in [0.4, 0.5) is 11.4 Å². The first kappa shape index (κ1) is 12.5. The topological polar surface area (TPSA) is 15.3 Å².